The fraction of sp³-hybridized carbons (Fsp3) is 0.429. The fourth-order valence-corrected chi connectivity index (χ4v) is 5.28. The Morgan fingerprint density at radius 2 is 1.78 bits per heavy atom. The summed E-state index contributed by atoms with van der Waals surface area (Å²) in [6, 6.07) is 9.87. The van der Waals surface area contributed by atoms with Crippen molar-refractivity contribution in [2.75, 3.05) is 53.6 Å². The third-order valence-electron chi connectivity index (χ3n) is 7.19. The van der Waals surface area contributed by atoms with E-state index in [0.717, 1.165) is 24.4 Å². The molecule has 3 aliphatic heterocycles. The topological polar surface area (TPSA) is 97.8 Å². The molecule has 2 atom stereocenters. The van der Waals surface area contributed by atoms with Crippen LogP contribution < -0.4 is 14.2 Å². The number of hydrogen-bond donors (Lipinski definition) is 1. The number of likely N-dealkylation sites (tertiary alicyclic amines) is 1. The zero-order chi connectivity index (χ0) is 26.1. The second-order valence-electron chi connectivity index (χ2n) is 9.52. The molecule has 0 aliphatic carbocycles. The molecule has 3 heterocycles. The van der Waals surface area contributed by atoms with Crippen LogP contribution in [0.4, 0.5) is 0 Å². The van der Waals surface area contributed by atoms with Crippen LogP contribution in [0.2, 0.25) is 0 Å². The molecular formula is C28H32N2O7. The van der Waals surface area contributed by atoms with E-state index < -0.39 is 17.7 Å². The summed E-state index contributed by atoms with van der Waals surface area (Å²) >= 11 is 0. The molecule has 1 amide bonds. The minimum atomic E-state index is -0.774. The molecule has 9 nitrogen and oxygen atoms in total. The lowest BCUT2D eigenvalue weighted by Crippen LogP contribution is -2.42. The van der Waals surface area contributed by atoms with Gasteiger partial charge in [0.1, 0.15) is 17.6 Å². The molecule has 2 fully saturated rings. The molecule has 0 spiro atoms. The van der Waals surface area contributed by atoms with Gasteiger partial charge in [0, 0.05) is 38.2 Å². The standard InChI is InChI=1S/C28H32N2O7/c1-17-14-20-15-19(5-6-21(20)37-17)26(31)24-25(18-4-7-22(34-2)23(16-18)35-3)30(28(33)27(24)32)9-8-29-10-12-36-13-11-29/h4-7,15-17,25,31H,8-14H2,1-3H3/t17-,25+/m1/s1. The number of aliphatic hydroxyl groups is 1. The minimum Gasteiger partial charge on any atom is -0.507 e. The maximum absolute atomic E-state index is 13.4. The monoisotopic (exact) mass is 508 g/mol. The lowest BCUT2D eigenvalue weighted by molar-refractivity contribution is -0.140. The van der Waals surface area contributed by atoms with Gasteiger partial charge in [-0.3, -0.25) is 14.5 Å². The van der Waals surface area contributed by atoms with Crippen LogP contribution >= 0.6 is 0 Å². The molecule has 2 aromatic rings. The number of methoxy groups -OCH3 is 2. The van der Waals surface area contributed by atoms with Gasteiger partial charge in [-0.2, -0.15) is 0 Å². The van der Waals surface area contributed by atoms with E-state index in [4.69, 9.17) is 18.9 Å². The molecule has 0 bridgehead atoms. The summed E-state index contributed by atoms with van der Waals surface area (Å²) in [4.78, 5) is 30.5. The maximum Gasteiger partial charge on any atom is 0.295 e. The van der Waals surface area contributed by atoms with Crippen molar-refractivity contribution in [1.82, 2.24) is 9.80 Å². The highest BCUT2D eigenvalue weighted by molar-refractivity contribution is 6.46. The summed E-state index contributed by atoms with van der Waals surface area (Å²) in [5.41, 5.74) is 2.15. The summed E-state index contributed by atoms with van der Waals surface area (Å²) in [6.07, 6.45) is 0.758. The minimum absolute atomic E-state index is 0.0462. The molecule has 0 aromatic heterocycles. The third-order valence-corrected chi connectivity index (χ3v) is 7.19. The van der Waals surface area contributed by atoms with Gasteiger partial charge < -0.3 is 29.0 Å². The normalized spacial score (nSPS) is 23.2. The number of nitrogens with zero attached hydrogens (tertiary/aromatic N) is 2. The number of carbonyl (C=O) groups excluding carboxylic acids is 2. The average molecular weight is 509 g/mol. The van der Waals surface area contributed by atoms with E-state index in [1.165, 1.54) is 7.11 Å². The summed E-state index contributed by atoms with van der Waals surface area (Å²) in [5, 5.41) is 11.5. The molecule has 0 saturated carbocycles. The fourth-order valence-electron chi connectivity index (χ4n) is 5.28. The lowest BCUT2D eigenvalue weighted by Gasteiger charge is -2.31. The highest BCUT2D eigenvalue weighted by atomic mass is 16.5. The van der Waals surface area contributed by atoms with Gasteiger partial charge in [-0.15, -0.1) is 0 Å². The van der Waals surface area contributed by atoms with Crippen LogP contribution in [0.25, 0.3) is 5.76 Å². The average Bonchev–Trinajstić information content (AvgIpc) is 3.42. The SMILES string of the molecule is COc1ccc([C@H]2C(=C(O)c3ccc4c(c3)C[C@@H](C)O4)C(=O)C(=O)N2CCN2CCOCC2)cc1OC. The van der Waals surface area contributed by atoms with E-state index in [1.54, 1.807) is 42.3 Å². The van der Waals surface area contributed by atoms with E-state index in [9.17, 15) is 14.7 Å². The number of ether oxygens (including phenoxy) is 4. The Kier molecular flexibility index (Phi) is 7.08. The summed E-state index contributed by atoms with van der Waals surface area (Å²) < 4.78 is 22.1. The second-order valence-corrected chi connectivity index (χ2v) is 9.52. The molecule has 2 saturated heterocycles. The zero-order valence-corrected chi connectivity index (χ0v) is 21.4. The highest BCUT2D eigenvalue weighted by Gasteiger charge is 2.46. The van der Waals surface area contributed by atoms with Crippen molar-refractivity contribution in [3.05, 3.63) is 58.7 Å². The smallest absolute Gasteiger partial charge is 0.295 e. The molecular weight excluding hydrogens is 476 g/mol. The van der Waals surface area contributed by atoms with Gasteiger partial charge in [-0.05, 0) is 48.4 Å². The van der Waals surface area contributed by atoms with Gasteiger partial charge in [0.2, 0.25) is 0 Å². The van der Waals surface area contributed by atoms with Gasteiger partial charge in [0.25, 0.3) is 11.7 Å². The quantitative estimate of drug-likeness (QED) is 0.347. The van der Waals surface area contributed by atoms with Crippen LogP contribution in [0.3, 0.4) is 0 Å². The Hall–Kier alpha value is -3.56. The van der Waals surface area contributed by atoms with Crippen molar-refractivity contribution in [3.8, 4) is 17.2 Å². The second kappa shape index (κ2) is 10.4. The van der Waals surface area contributed by atoms with Crippen LogP contribution in [0.15, 0.2) is 42.0 Å². The first kappa shape index (κ1) is 25.1. The van der Waals surface area contributed by atoms with Crippen molar-refractivity contribution in [3.63, 3.8) is 0 Å². The number of carbonyl (C=O) groups is 2. The molecule has 0 radical (unpaired) electrons. The molecule has 196 valence electrons. The summed E-state index contributed by atoms with van der Waals surface area (Å²) in [7, 11) is 3.08. The van der Waals surface area contributed by atoms with Crippen molar-refractivity contribution in [2.24, 2.45) is 0 Å². The largest absolute Gasteiger partial charge is 0.507 e. The summed E-state index contributed by atoms with van der Waals surface area (Å²) in [6.45, 7) is 5.71. The van der Waals surface area contributed by atoms with Gasteiger partial charge >= 0.3 is 0 Å². The lowest BCUT2D eigenvalue weighted by atomic mass is 9.94. The van der Waals surface area contributed by atoms with Crippen LogP contribution in [0.1, 0.15) is 29.7 Å². The van der Waals surface area contributed by atoms with Crippen LogP contribution in [0.5, 0.6) is 17.2 Å². The van der Waals surface area contributed by atoms with E-state index >= 15 is 0 Å². The van der Waals surface area contributed by atoms with Crippen LogP contribution in [-0.2, 0) is 20.7 Å². The third kappa shape index (κ3) is 4.76. The number of ketones is 1. The van der Waals surface area contributed by atoms with Gasteiger partial charge in [-0.25, -0.2) is 0 Å². The Balaban J connectivity index is 1.56. The molecule has 2 aromatic carbocycles. The van der Waals surface area contributed by atoms with Crippen molar-refractivity contribution < 1.29 is 33.6 Å². The predicted octanol–water partition coefficient (Wildman–Crippen LogP) is 2.78. The molecule has 1 N–H and O–H groups in total. The van der Waals surface area contributed by atoms with E-state index in [0.29, 0.717) is 55.4 Å². The number of Topliss-reactive ketones (excluding diaryl/α,β-unsaturated/α-hetero) is 1. The Bertz CT molecular complexity index is 1240. The van der Waals surface area contributed by atoms with Gasteiger partial charge in [0.15, 0.2) is 11.5 Å². The van der Waals surface area contributed by atoms with E-state index in [1.807, 2.05) is 13.0 Å². The van der Waals surface area contributed by atoms with Crippen molar-refractivity contribution in [1.29, 1.82) is 0 Å². The number of rotatable bonds is 7. The Morgan fingerprint density at radius 3 is 2.51 bits per heavy atom. The van der Waals surface area contributed by atoms with Gasteiger partial charge in [0.05, 0.1) is 39.0 Å². The van der Waals surface area contributed by atoms with Crippen LogP contribution in [0, 0.1) is 0 Å². The number of morpholine rings is 1. The van der Waals surface area contributed by atoms with Gasteiger partial charge in [-0.1, -0.05) is 6.07 Å². The number of fused-ring (bicyclic) bond motifs is 1. The van der Waals surface area contributed by atoms with Crippen molar-refractivity contribution >= 4 is 17.4 Å². The number of benzene rings is 2. The maximum atomic E-state index is 13.4. The summed E-state index contributed by atoms with van der Waals surface area (Å²) in [5.74, 6) is 0.240. The van der Waals surface area contributed by atoms with E-state index in [-0.39, 0.29) is 17.4 Å². The first-order valence-corrected chi connectivity index (χ1v) is 12.5. The molecule has 9 heteroatoms. The number of hydrogen-bond acceptors (Lipinski definition) is 8. The molecule has 37 heavy (non-hydrogen) atoms. The Labute approximate surface area is 216 Å². The van der Waals surface area contributed by atoms with E-state index in [2.05, 4.69) is 4.90 Å². The Morgan fingerprint density at radius 1 is 1.03 bits per heavy atom. The predicted molar refractivity (Wildman–Crippen MR) is 136 cm³/mol. The molecule has 3 aliphatic rings. The zero-order valence-electron chi connectivity index (χ0n) is 21.4. The first-order valence-electron chi connectivity index (χ1n) is 12.5. The van der Waals surface area contributed by atoms with Crippen LogP contribution in [-0.4, -0.2) is 86.3 Å². The van der Waals surface area contributed by atoms with Crippen molar-refractivity contribution in [2.45, 2.75) is 25.5 Å². The number of aliphatic hydroxyl groups excluding tert-OH is 1. The first-order chi connectivity index (χ1) is 17.9. The molecule has 0 unspecified atom stereocenters. The molecule has 5 rings (SSSR count). The highest BCUT2D eigenvalue weighted by Crippen LogP contribution is 2.42. The number of amides is 1.